The van der Waals surface area contributed by atoms with Crippen LogP contribution in [0.2, 0.25) is 0 Å². The highest BCUT2D eigenvalue weighted by molar-refractivity contribution is 7.10. The number of carbonyl (C=O) groups is 2. The molecule has 0 spiro atoms. The van der Waals surface area contributed by atoms with Gasteiger partial charge in [0.1, 0.15) is 6.54 Å². The van der Waals surface area contributed by atoms with Crippen LogP contribution in [0.1, 0.15) is 80.2 Å². The van der Waals surface area contributed by atoms with Crippen molar-refractivity contribution in [2.75, 3.05) is 6.54 Å². The number of nitrogens with one attached hydrogen (secondary N) is 1. The number of thiophene rings is 1. The van der Waals surface area contributed by atoms with E-state index in [0.29, 0.717) is 13.1 Å². The van der Waals surface area contributed by atoms with Crippen molar-refractivity contribution in [3.8, 4) is 0 Å². The molecule has 2 fully saturated rings. The van der Waals surface area contributed by atoms with E-state index in [4.69, 9.17) is 0 Å². The van der Waals surface area contributed by atoms with Crippen LogP contribution < -0.4 is 5.32 Å². The topological polar surface area (TPSA) is 52.7 Å². The van der Waals surface area contributed by atoms with E-state index in [0.717, 1.165) is 44.1 Å². The van der Waals surface area contributed by atoms with Crippen LogP contribution in [-0.4, -0.2) is 40.4 Å². The first-order valence-electron chi connectivity index (χ1n) is 13.0. The minimum atomic E-state index is -0.0425. The van der Waals surface area contributed by atoms with Gasteiger partial charge in [0, 0.05) is 23.5 Å². The first kappa shape index (κ1) is 24.8. The number of nitrogens with zero attached hydrogens (tertiary/aromatic N) is 2. The van der Waals surface area contributed by atoms with E-state index in [-0.39, 0.29) is 30.6 Å². The summed E-state index contributed by atoms with van der Waals surface area (Å²) in [7, 11) is 0. The molecule has 34 heavy (non-hydrogen) atoms. The number of amides is 3. The third kappa shape index (κ3) is 6.84. The van der Waals surface area contributed by atoms with Crippen molar-refractivity contribution in [1.82, 2.24) is 15.1 Å². The lowest BCUT2D eigenvalue weighted by atomic mass is 9.94. The number of urea groups is 1. The third-order valence-electron chi connectivity index (χ3n) is 7.39. The quantitative estimate of drug-likeness (QED) is 0.484. The molecule has 0 bridgehead atoms. The van der Waals surface area contributed by atoms with E-state index in [1.165, 1.54) is 36.1 Å². The molecular formula is C28H39N3O2S. The molecule has 1 heterocycles. The zero-order valence-electron chi connectivity index (χ0n) is 20.5. The number of carbonyl (C=O) groups excluding carboxylic acids is 2. The number of benzene rings is 1. The van der Waals surface area contributed by atoms with Gasteiger partial charge in [-0.25, -0.2) is 4.79 Å². The summed E-state index contributed by atoms with van der Waals surface area (Å²) in [6.45, 7) is 3.39. The summed E-state index contributed by atoms with van der Waals surface area (Å²) in [5.41, 5.74) is 2.33. The summed E-state index contributed by atoms with van der Waals surface area (Å²) < 4.78 is 0. The first-order chi connectivity index (χ1) is 16.6. The Morgan fingerprint density at radius 3 is 2.24 bits per heavy atom. The summed E-state index contributed by atoms with van der Waals surface area (Å²) in [5, 5.41) is 5.37. The van der Waals surface area contributed by atoms with Gasteiger partial charge in [0.2, 0.25) is 5.91 Å². The second-order valence-electron chi connectivity index (χ2n) is 9.97. The Labute approximate surface area is 208 Å². The second-order valence-corrected chi connectivity index (χ2v) is 11.0. The number of aryl methyl sites for hydroxylation is 1. The third-order valence-corrected chi connectivity index (χ3v) is 8.39. The van der Waals surface area contributed by atoms with Crippen LogP contribution >= 0.6 is 11.3 Å². The fraction of sp³-hybridized carbons (Fsp3) is 0.571. The molecule has 3 amide bonds. The van der Waals surface area contributed by atoms with Crippen LogP contribution in [0.15, 0.2) is 41.8 Å². The maximum Gasteiger partial charge on any atom is 0.318 e. The highest BCUT2D eigenvalue weighted by atomic mass is 32.1. The van der Waals surface area contributed by atoms with Crippen molar-refractivity contribution < 1.29 is 9.59 Å². The van der Waals surface area contributed by atoms with E-state index in [1.54, 1.807) is 11.3 Å². The molecule has 2 aliphatic rings. The summed E-state index contributed by atoms with van der Waals surface area (Å²) in [5.74, 6) is 0.0287. The molecule has 4 rings (SSSR count). The van der Waals surface area contributed by atoms with E-state index in [9.17, 15) is 9.59 Å². The fourth-order valence-corrected chi connectivity index (χ4v) is 6.21. The Bertz CT molecular complexity index is 917. The summed E-state index contributed by atoms with van der Waals surface area (Å²) in [6.07, 6.45) is 11.2. The van der Waals surface area contributed by atoms with Crippen molar-refractivity contribution in [2.45, 2.75) is 96.3 Å². The Kier molecular flexibility index (Phi) is 9.03. The molecule has 0 atom stereocenters. The van der Waals surface area contributed by atoms with Crippen molar-refractivity contribution in [3.05, 3.63) is 57.8 Å². The predicted octanol–water partition coefficient (Wildman–Crippen LogP) is 6.26. The molecule has 1 aromatic heterocycles. The van der Waals surface area contributed by atoms with Crippen molar-refractivity contribution >= 4 is 23.3 Å². The zero-order chi connectivity index (χ0) is 23.8. The second kappa shape index (κ2) is 12.4. The van der Waals surface area contributed by atoms with Crippen LogP contribution in [0.3, 0.4) is 0 Å². The van der Waals surface area contributed by atoms with E-state index in [1.807, 2.05) is 28.0 Å². The van der Waals surface area contributed by atoms with Crippen molar-refractivity contribution in [3.63, 3.8) is 0 Å². The molecule has 5 nitrogen and oxygen atoms in total. The maximum absolute atomic E-state index is 13.7. The van der Waals surface area contributed by atoms with Gasteiger partial charge < -0.3 is 15.1 Å². The molecule has 0 unspecified atom stereocenters. The van der Waals surface area contributed by atoms with Crippen LogP contribution in [0.4, 0.5) is 4.79 Å². The van der Waals surface area contributed by atoms with E-state index < -0.39 is 0 Å². The number of hydrogen-bond acceptors (Lipinski definition) is 3. The molecule has 184 valence electrons. The summed E-state index contributed by atoms with van der Waals surface area (Å²) >= 11 is 1.70. The minimum Gasteiger partial charge on any atom is -0.335 e. The Balaban J connectivity index is 1.50. The largest absolute Gasteiger partial charge is 0.335 e. The Morgan fingerprint density at radius 2 is 1.59 bits per heavy atom. The molecule has 1 N–H and O–H groups in total. The monoisotopic (exact) mass is 481 g/mol. The van der Waals surface area contributed by atoms with E-state index >= 15 is 0 Å². The van der Waals surface area contributed by atoms with Gasteiger partial charge in [0.15, 0.2) is 0 Å². The fourth-order valence-electron chi connectivity index (χ4n) is 5.29. The molecule has 2 saturated carbocycles. The summed E-state index contributed by atoms with van der Waals surface area (Å²) in [4.78, 5) is 32.2. The van der Waals surface area contributed by atoms with Gasteiger partial charge in [0.05, 0.1) is 6.54 Å². The van der Waals surface area contributed by atoms with Gasteiger partial charge in [-0.3, -0.25) is 4.79 Å². The lowest BCUT2D eigenvalue weighted by molar-refractivity contribution is -0.133. The van der Waals surface area contributed by atoms with E-state index in [2.05, 4.69) is 35.8 Å². The predicted molar refractivity (Wildman–Crippen MR) is 139 cm³/mol. The zero-order valence-corrected chi connectivity index (χ0v) is 21.3. The van der Waals surface area contributed by atoms with Crippen molar-refractivity contribution in [1.29, 1.82) is 0 Å². The smallest absolute Gasteiger partial charge is 0.318 e. The first-order valence-corrected chi connectivity index (χ1v) is 13.9. The molecule has 2 aliphatic carbocycles. The number of rotatable bonds is 8. The van der Waals surface area contributed by atoms with Crippen LogP contribution in [-0.2, 0) is 17.9 Å². The minimum absolute atomic E-state index is 0.0287. The van der Waals surface area contributed by atoms with Gasteiger partial charge in [0.25, 0.3) is 0 Å². The highest BCUT2D eigenvalue weighted by Crippen LogP contribution is 2.25. The van der Waals surface area contributed by atoms with Gasteiger partial charge in [-0.1, -0.05) is 68.9 Å². The molecule has 6 heteroatoms. The average molecular weight is 482 g/mol. The highest BCUT2D eigenvalue weighted by Gasteiger charge is 2.30. The van der Waals surface area contributed by atoms with Gasteiger partial charge >= 0.3 is 6.03 Å². The average Bonchev–Trinajstić information content (AvgIpc) is 3.28. The van der Waals surface area contributed by atoms with Crippen LogP contribution in [0.25, 0.3) is 0 Å². The Hall–Kier alpha value is -2.34. The normalized spacial score (nSPS) is 17.3. The maximum atomic E-state index is 13.7. The molecular weight excluding hydrogens is 442 g/mol. The standard InChI is InChI=1S/C28H39N3O2S/c1-22-17-18-34-26(22)20-30(19-23-11-5-2-6-12-23)27(32)21-31(25-15-9-4-10-16-25)28(33)29-24-13-7-3-8-14-24/h2,5-6,11-12,17-18,24-25H,3-4,7-10,13-16,19-21H2,1H3,(H,29,33). The van der Waals surface area contributed by atoms with Crippen LogP contribution in [0, 0.1) is 6.92 Å². The Morgan fingerprint density at radius 1 is 0.912 bits per heavy atom. The van der Waals surface area contributed by atoms with Gasteiger partial charge in [-0.05, 0) is 55.2 Å². The van der Waals surface area contributed by atoms with Gasteiger partial charge in [-0.15, -0.1) is 11.3 Å². The van der Waals surface area contributed by atoms with Crippen LogP contribution in [0.5, 0.6) is 0 Å². The molecule has 0 radical (unpaired) electrons. The molecule has 2 aromatic rings. The lowest BCUT2D eigenvalue weighted by Gasteiger charge is -2.37. The molecule has 1 aromatic carbocycles. The summed E-state index contributed by atoms with van der Waals surface area (Å²) in [6, 6.07) is 12.6. The number of hydrogen-bond donors (Lipinski definition) is 1. The molecule has 0 aliphatic heterocycles. The SMILES string of the molecule is Cc1ccsc1CN(Cc1ccccc1)C(=O)CN(C(=O)NC1CCCCC1)C1CCCCC1. The van der Waals surface area contributed by atoms with Gasteiger partial charge in [-0.2, -0.15) is 0 Å². The molecule has 0 saturated heterocycles. The van der Waals surface area contributed by atoms with Crippen molar-refractivity contribution in [2.24, 2.45) is 0 Å². The lowest BCUT2D eigenvalue weighted by Crippen LogP contribution is -2.53.